The molecule has 5 N–H and O–H groups in total. The van der Waals surface area contributed by atoms with Crippen LogP contribution in [0.2, 0.25) is 0 Å². The minimum atomic E-state index is -0.822. The van der Waals surface area contributed by atoms with Crippen molar-refractivity contribution in [1.29, 1.82) is 0 Å². The molecule has 4 aromatic rings. The van der Waals surface area contributed by atoms with Gasteiger partial charge >= 0.3 is 17.9 Å². The number of aromatic nitrogens is 2. The highest BCUT2D eigenvalue weighted by molar-refractivity contribution is 14.1. The van der Waals surface area contributed by atoms with Crippen LogP contribution in [0.15, 0.2) is 46.0 Å². The number of hydrogen-bond acceptors (Lipinski definition) is 12. The van der Waals surface area contributed by atoms with Crippen molar-refractivity contribution in [2.45, 2.75) is 20.8 Å². The lowest BCUT2D eigenvalue weighted by Crippen LogP contribution is -2.35. The molecule has 272 valence electrons. The van der Waals surface area contributed by atoms with Crippen molar-refractivity contribution in [2.24, 2.45) is 19.8 Å². The summed E-state index contributed by atoms with van der Waals surface area (Å²) in [4.78, 5) is 69.7. The van der Waals surface area contributed by atoms with Gasteiger partial charge in [-0.1, -0.05) is 0 Å². The Morgan fingerprint density at radius 1 is 0.740 bits per heavy atom. The lowest BCUT2D eigenvalue weighted by molar-refractivity contribution is -0.142. The molecule has 18 heteroatoms. The van der Waals surface area contributed by atoms with Gasteiger partial charge in [-0.15, -0.1) is 12.4 Å². The first-order valence-electron chi connectivity index (χ1n) is 14.6. The highest BCUT2D eigenvalue weighted by Gasteiger charge is 2.23. The third-order valence-corrected chi connectivity index (χ3v) is 7.88. The van der Waals surface area contributed by atoms with Gasteiger partial charge in [-0.2, -0.15) is 0 Å². The van der Waals surface area contributed by atoms with Crippen molar-refractivity contribution in [3.63, 3.8) is 0 Å². The number of aromatic hydroxyl groups is 2. The number of carbonyl (C=O) groups excluding carboxylic acids is 4. The van der Waals surface area contributed by atoms with E-state index in [9.17, 15) is 39.0 Å². The number of hydrogen-bond donors (Lipinski definition) is 4. The first-order valence-corrected chi connectivity index (χ1v) is 16.8. The normalized spacial score (nSPS) is 10.1. The second kappa shape index (κ2) is 20.7. The minimum Gasteiger partial charge on any atom is -0.506 e. The van der Waals surface area contributed by atoms with Crippen LogP contribution in [0.25, 0.3) is 21.8 Å². The van der Waals surface area contributed by atoms with Crippen molar-refractivity contribution in [1.82, 2.24) is 14.5 Å². The molecule has 0 fully saturated rings. The number of ether oxygens (including phenoxy) is 3. The van der Waals surface area contributed by atoms with Crippen LogP contribution in [0, 0.1) is 7.14 Å². The first kappa shape index (κ1) is 44.1. The fraction of sp³-hybridized carbons (Fsp3) is 0.312. The number of fused-ring (bicyclic) bond motifs is 2. The second-order valence-electron chi connectivity index (χ2n) is 9.72. The molecule has 0 aliphatic heterocycles. The Morgan fingerprint density at radius 2 is 1.16 bits per heavy atom. The first-order chi connectivity index (χ1) is 23.1. The molecular formula is C32H37ClI2N4O11. The average Bonchev–Trinajstić information content (AvgIpc) is 3.06. The van der Waals surface area contributed by atoms with E-state index in [0.717, 1.165) is 7.14 Å². The van der Waals surface area contributed by atoms with E-state index in [0.29, 0.717) is 28.4 Å². The average molecular weight is 943 g/mol. The molecule has 1 amide bonds. The van der Waals surface area contributed by atoms with E-state index < -0.39 is 40.3 Å². The fourth-order valence-corrected chi connectivity index (χ4v) is 5.25. The van der Waals surface area contributed by atoms with Gasteiger partial charge in [0.1, 0.15) is 23.6 Å². The maximum Gasteiger partial charge on any atom is 0.347 e. The van der Waals surface area contributed by atoms with Crippen LogP contribution < -0.4 is 22.2 Å². The predicted molar refractivity (Wildman–Crippen MR) is 205 cm³/mol. The Morgan fingerprint density at radius 3 is 1.58 bits per heavy atom. The van der Waals surface area contributed by atoms with Gasteiger partial charge in [0.2, 0.25) is 0 Å². The summed E-state index contributed by atoms with van der Waals surface area (Å²) in [6.07, 6.45) is 0. The summed E-state index contributed by atoms with van der Waals surface area (Å²) in [7, 11) is 3.07. The molecule has 0 aliphatic carbocycles. The molecule has 0 saturated heterocycles. The number of aryl methyl sites for hydroxylation is 2. The standard InChI is InChI=1S/C15H15IN2O5.C13H12INO4.C4H9NO2.ClH/c1-3-23-11(19)7-17-14(21)12-13(20)9-6-8(16)4-5-10(9)18(2)15(12)22;1-3-19-13(18)10-11(16)8-6-7(14)4-5-9(8)15(2)12(10)17;1-2-7-4(6)3-5;/h4-6,20H,3,7H2,1-2H3,(H,17,21);4-6,16H,3H2,1-2H3;2-3,5H2,1H3;1H. The van der Waals surface area contributed by atoms with Gasteiger partial charge in [-0.25, -0.2) is 4.79 Å². The van der Waals surface area contributed by atoms with Crippen LogP contribution in [0.3, 0.4) is 0 Å². The molecule has 50 heavy (non-hydrogen) atoms. The predicted octanol–water partition coefficient (Wildman–Crippen LogP) is 3.10. The Kier molecular flexibility index (Phi) is 18.2. The van der Waals surface area contributed by atoms with Crippen LogP contribution in [-0.4, -0.2) is 76.1 Å². The van der Waals surface area contributed by atoms with E-state index >= 15 is 0 Å². The summed E-state index contributed by atoms with van der Waals surface area (Å²) in [6.45, 7) is 5.38. The van der Waals surface area contributed by atoms with Gasteiger partial charge in [0.05, 0.1) is 37.4 Å². The molecule has 0 aliphatic rings. The number of rotatable bonds is 8. The molecule has 15 nitrogen and oxygen atoms in total. The van der Waals surface area contributed by atoms with Crippen LogP contribution >= 0.6 is 57.6 Å². The van der Waals surface area contributed by atoms with E-state index in [1.54, 1.807) is 58.2 Å². The van der Waals surface area contributed by atoms with Crippen LogP contribution in [0.5, 0.6) is 11.5 Å². The van der Waals surface area contributed by atoms with Crippen molar-refractivity contribution in [3.8, 4) is 11.5 Å². The van der Waals surface area contributed by atoms with E-state index in [4.69, 9.17) is 15.2 Å². The minimum absolute atomic E-state index is 0. The van der Waals surface area contributed by atoms with Crippen LogP contribution in [0.4, 0.5) is 0 Å². The summed E-state index contributed by atoms with van der Waals surface area (Å²) in [6, 6.07) is 10.4. The van der Waals surface area contributed by atoms with Gasteiger partial charge in [0.15, 0.2) is 5.56 Å². The number of nitrogens with two attached hydrogens (primary N) is 1. The number of nitrogens with zero attached hydrogens (tertiary/aromatic N) is 2. The molecule has 0 radical (unpaired) electrons. The molecule has 0 bridgehead atoms. The van der Waals surface area contributed by atoms with Crippen molar-refractivity contribution < 1.29 is 43.6 Å². The Bertz CT molecular complexity index is 2000. The zero-order chi connectivity index (χ0) is 37.0. The molecule has 0 saturated carbocycles. The van der Waals surface area contributed by atoms with Gasteiger partial charge < -0.3 is 44.6 Å². The Labute approximate surface area is 319 Å². The third kappa shape index (κ3) is 11.0. The molecule has 2 heterocycles. The number of nitrogens with one attached hydrogen (secondary N) is 1. The van der Waals surface area contributed by atoms with Crippen molar-refractivity contribution in [2.75, 3.05) is 32.9 Å². The number of halogens is 3. The fourth-order valence-electron chi connectivity index (χ4n) is 4.27. The van der Waals surface area contributed by atoms with E-state index in [1.807, 2.05) is 6.07 Å². The summed E-state index contributed by atoms with van der Waals surface area (Å²) < 4.78 is 18.3. The zero-order valence-electron chi connectivity index (χ0n) is 27.7. The highest BCUT2D eigenvalue weighted by Crippen LogP contribution is 2.29. The van der Waals surface area contributed by atoms with Gasteiger partial charge in [0, 0.05) is 32.0 Å². The topological polar surface area (TPSA) is 218 Å². The Balaban J connectivity index is 0.000000418. The quantitative estimate of drug-likeness (QED) is 0.114. The van der Waals surface area contributed by atoms with Crippen molar-refractivity contribution in [3.05, 3.63) is 75.4 Å². The van der Waals surface area contributed by atoms with E-state index in [2.05, 4.69) is 55.2 Å². The Hall–Kier alpha value is -3.95. The molecule has 2 aromatic heterocycles. The van der Waals surface area contributed by atoms with Gasteiger partial charge in [0.25, 0.3) is 17.0 Å². The van der Waals surface area contributed by atoms with Crippen LogP contribution in [0.1, 0.15) is 41.5 Å². The maximum atomic E-state index is 12.3. The largest absolute Gasteiger partial charge is 0.506 e. The SMILES string of the molecule is CCOC(=O)CN.CCOC(=O)CNC(=O)c1c(O)c2cc(I)ccc2n(C)c1=O.CCOC(=O)c1c(O)c2cc(I)ccc2n(C)c1=O.Cl. The summed E-state index contributed by atoms with van der Waals surface area (Å²) in [5, 5.41) is 23.6. The number of benzene rings is 2. The molecular weight excluding hydrogens is 906 g/mol. The van der Waals surface area contributed by atoms with Gasteiger partial charge in [-0.3, -0.25) is 24.0 Å². The summed E-state index contributed by atoms with van der Waals surface area (Å²) in [5.41, 5.74) is 4.03. The van der Waals surface area contributed by atoms with Gasteiger partial charge in [-0.05, 0) is 102 Å². The number of amides is 1. The molecule has 0 atom stereocenters. The lowest BCUT2D eigenvalue weighted by Gasteiger charge is -2.12. The van der Waals surface area contributed by atoms with Crippen LogP contribution in [-0.2, 0) is 37.9 Å². The zero-order valence-corrected chi connectivity index (χ0v) is 32.8. The van der Waals surface area contributed by atoms with E-state index in [-0.39, 0.29) is 56.0 Å². The monoisotopic (exact) mass is 942 g/mol. The number of esters is 3. The lowest BCUT2D eigenvalue weighted by atomic mass is 10.1. The highest BCUT2D eigenvalue weighted by atomic mass is 127. The van der Waals surface area contributed by atoms with Crippen molar-refractivity contribution >= 4 is 103 Å². The molecule has 4 rings (SSSR count). The number of carbonyl (C=O) groups is 4. The second-order valence-corrected chi connectivity index (χ2v) is 12.2. The molecule has 0 unspecified atom stereocenters. The smallest absolute Gasteiger partial charge is 0.347 e. The summed E-state index contributed by atoms with van der Waals surface area (Å²) >= 11 is 4.16. The molecule has 2 aromatic carbocycles. The number of pyridine rings is 2. The van der Waals surface area contributed by atoms with E-state index in [1.165, 1.54) is 16.2 Å². The maximum absolute atomic E-state index is 12.3. The molecule has 0 spiro atoms. The third-order valence-electron chi connectivity index (χ3n) is 6.54. The summed E-state index contributed by atoms with van der Waals surface area (Å²) in [5.74, 6) is -3.31.